The highest BCUT2D eigenvalue weighted by Crippen LogP contribution is 2.59. The lowest BCUT2D eigenvalue weighted by Gasteiger charge is -2.40. The number of hydrogen-bond acceptors (Lipinski definition) is 6. The number of allylic oxidation sites excluding steroid dienone is 1. The number of aliphatic hydroxyl groups excluding tert-OH is 1. The van der Waals surface area contributed by atoms with E-state index in [9.17, 15) is 19.5 Å². The Bertz CT molecular complexity index is 794. The molecule has 0 aliphatic carbocycles. The fourth-order valence-electron chi connectivity index (χ4n) is 5.96. The third kappa shape index (κ3) is 4.42. The van der Waals surface area contributed by atoms with Gasteiger partial charge in [-0.2, -0.15) is 0 Å². The van der Waals surface area contributed by atoms with E-state index < -0.39 is 41.6 Å². The Morgan fingerprint density at radius 3 is 2.65 bits per heavy atom. The summed E-state index contributed by atoms with van der Waals surface area (Å²) in [5.74, 6) is -2.46. The van der Waals surface area contributed by atoms with Gasteiger partial charge in [-0.05, 0) is 52.4 Å². The van der Waals surface area contributed by atoms with Crippen molar-refractivity contribution in [3.8, 4) is 0 Å². The van der Waals surface area contributed by atoms with E-state index in [1.165, 1.54) is 4.90 Å². The highest BCUT2D eigenvalue weighted by molar-refractivity contribution is 5.98. The lowest BCUT2D eigenvalue weighted by molar-refractivity contribution is -0.157. The minimum atomic E-state index is -1.08. The van der Waals surface area contributed by atoms with Gasteiger partial charge in [0, 0.05) is 12.6 Å². The summed E-state index contributed by atoms with van der Waals surface area (Å²) in [6, 6.07) is -1.53. The summed E-state index contributed by atoms with van der Waals surface area (Å²) in [6.07, 6.45) is 7.11. The van der Waals surface area contributed by atoms with Gasteiger partial charge >= 0.3 is 5.97 Å². The van der Waals surface area contributed by atoms with E-state index in [4.69, 9.17) is 9.47 Å². The number of hydrogen-bond donors (Lipinski definition) is 1. The number of unbranched alkanes of at least 4 members (excludes halogenated alkanes) is 2. The van der Waals surface area contributed by atoms with E-state index in [0.717, 1.165) is 19.3 Å². The fourth-order valence-corrected chi connectivity index (χ4v) is 5.96. The number of ether oxygens (including phenoxy) is 2. The molecule has 2 bridgehead atoms. The van der Waals surface area contributed by atoms with Crippen LogP contribution in [0.5, 0.6) is 0 Å². The lowest BCUT2D eigenvalue weighted by atomic mass is 9.70. The number of carbonyl (C=O) groups excluding carboxylic acids is 3. The molecule has 0 aromatic rings. The van der Waals surface area contributed by atoms with Gasteiger partial charge in [0.1, 0.15) is 11.6 Å². The van der Waals surface area contributed by atoms with Gasteiger partial charge in [0.2, 0.25) is 11.8 Å². The number of esters is 1. The molecule has 34 heavy (non-hydrogen) atoms. The Kier molecular flexibility index (Phi) is 8.57. The average molecular weight is 477 g/mol. The monoisotopic (exact) mass is 476 g/mol. The van der Waals surface area contributed by atoms with E-state index in [0.29, 0.717) is 25.8 Å². The van der Waals surface area contributed by atoms with Crippen molar-refractivity contribution in [3.63, 3.8) is 0 Å². The summed E-state index contributed by atoms with van der Waals surface area (Å²) in [5.41, 5.74) is -1.08. The molecule has 1 spiro atoms. The quantitative estimate of drug-likeness (QED) is 0.249. The van der Waals surface area contributed by atoms with Crippen molar-refractivity contribution < 1.29 is 29.0 Å². The van der Waals surface area contributed by atoms with Crippen LogP contribution in [0.3, 0.4) is 0 Å². The van der Waals surface area contributed by atoms with Gasteiger partial charge in [-0.1, -0.05) is 19.1 Å². The standard InChI is InChI=1S/C26H40N2O6/c1-6-9-10-11-15-33-25(32)20-19-12-13-26(34-19)21(20)23(30)28(18(8-3)16-29)22(26)24(31)27(14-7-2)17(4)5/h6-7,17-22,29H,1-2,8-16H2,3-5H3/t18-,19-,20+,21-,22?,26?/m0/s1. The number of fused-ring (bicyclic) bond motifs is 1. The Morgan fingerprint density at radius 1 is 1.32 bits per heavy atom. The highest BCUT2D eigenvalue weighted by atomic mass is 16.6. The molecule has 2 amide bonds. The number of rotatable bonds is 13. The van der Waals surface area contributed by atoms with Crippen molar-refractivity contribution in [3.05, 3.63) is 25.3 Å². The number of amides is 2. The van der Waals surface area contributed by atoms with Crippen molar-refractivity contribution in [1.29, 1.82) is 0 Å². The minimum Gasteiger partial charge on any atom is -0.465 e. The first-order chi connectivity index (χ1) is 16.3. The molecule has 0 radical (unpaired) electrons. The Labute approximate surface area is 202 Å². The van der Waals surface area contributed by atoms with Crippen LogP contribution < -0.4 is 0 Å². The van der Waals surface area contributed by atoms with Crippen LogP contribution in [0.2, 0.25) is 0 Å². The second kappa shape index (κ2) is 11.0. The molecule has 3 aliphatic rings. The fraction of sp³-hybridized carbons (Fsp3) is 0.731. The number of carbonyl (C=O) groups is 3. The highest BCUT2D eigenvalue weighted by Gasteiger charge is 2.75. The lowest BCUT2D eigenvalue weighted by Crippen LogP contribution is -2.59. The Balaban J connectivity index is 1.94. The molecule has 0 aromatic carbocycles. The first-order valence-corrected chi connectivity index (χ1v) is 12.6. The first kappa shape index (κ1) is 26.4. The maximum atomic E-state index is 13.9. The molecule has 190 valence electrons. The predicted octanol–water partition coefficient (Wildman–Crippen LogP) is 2.45. The molecule has 3 fully saturated rings. The molecule has 3 saturated heterocycles. The zero-order valence-corrected chi connectivity index (χ0v) is 20.8. The normalized spacial score (nSPS) is 30.4. The second-order valence-electron chi connectivity index (χ2n) is 9.87. The van der Waals surface area contributed by atoms with Crippen LogP contribution in [-0.2, 0) is 23.9 Å². The van der Waals surface area contributed by atoms with Gasteiger partial charge in [-0.15, -0.1) is 13.2 Å². The second-order valence-corrected chi connectivity index (χ2v) is 9.87. The molecule has 6 atom stereocenters. The van der Waals surface area contributed by atoms with E-state index in [1.54, 1.807) is 11.0 Å². The van der Waals surface area contributed by atoms with Crippen LogP contribution >= 0.6 is 0 Å². The number of likely N-dealkylation sites (tertiary alicyclic amines) is 1. The maximum Gasteiger partial charge on any atom is 0.312 e. The molecule has 2 unspecified atom stereocenters. The molecule has 1 N–H and O–H groups in total. The van der Waals surface area contributed by atoms with Gasteiger partial charge < -0.3 is 24.4 Å². The van der Waals surface area contributed by atoms with Gasteiger partial charge in [-0.3, -0.25) is 14.4 Å². The van der Waals surface area contributed by atoms with Crippen LogP contribution in [0.1, 0.15) is 59.3 Å². The van der Waals surface area contributed by atoms with Gasteiger partial charge in [0.05, 0.1) is 37.2 Å². The summed E-state index contributed by atoms with van der Waals surface area (Å²) < 4.78 is 12.0. The molecule has 3 aliphatic heterocycles. The maximum absolute atomic E-state index is 13.9. The molecular weight excluding hydrogens is 436 g/mol. The summed E-state index contributed by atoms with van der Waals surface area (Å²) in [4.78, 5) is 44.1. The molecule has 8 nitrogen and oxygen atoms in total. The topological polar surface area (TPSA) is 96.4 Å². The van der Waals surface area contributed by atoms with E-state index in [1.807, 2.05) is 26.8 Å². The minimum absolute atomic E-state index is 0.109. The van der Waals surface area contributed by atoms with Crippen LogP contribution in [0.25, 0.3) is 0 Å². The zero-order valence-electron chi connectivity index (χ0n) is 20.8. The molecule has 0 aromatic heterocycles. The van der Waals surface area contributed by atoms with Crippen LogP contribution in [-0.4, -0.2) is 82.3 Å². The largest absolute Gasteiger partial charge is 0.465 e. The van der Waals surface area contributed by atoms with Crippen LogP contribution in [0.4, 0.5) is 0 Å². The van der Waals surface area contributed by atoms with Gasteiger partial charge in [0.25, 0.3) is 0 Å². The summed E-state index contributed by atoms with van der Waals surface area (Å²) >= 11 is 0. The molecular formula is C26H40N2O6. The molecule has 0 saturated carbocycles. The predicted molar refractivity (Wildman–Crippen MR) is 128 cm³/mol. The van der Waals surface area contributed by atoms with Crippen molar-refractivity contribution in [2.45, 2.75) is 89.1 Å². The van der Waals surface area contributed by atoms with Crippen LogP contribution in [0, 0.1) is 11.8 Å². The smallest absolute Gasteiger partial charge is 0.312 e. The third-order valence-corrected chi connectivity index (χ3v) is 7.60. The van der Waals surface area contributed by atoms with E-state index in [2.05, 4.69) is 13.2 Å². The summed E-state index contributed by atoms with van der Waals surface area (Å²) in [6.45, 7) is 13.5. The van der Waals surface area contributed by atoms with Crippen molar-refractivity contribution >= 4 is 17.8 Å². The summed E-state index contributed by atoms with van der Waals surface area (Å²) in [7, 11) is 0. The van der Waals surface area contributed by atoms with Crippen LogP contribution in [0.15, 0.2) is 25.3 Å². The SMILES string of the molecule is C=CCCCCOC(=O)[C@@H]1[C@@H]2CCC3(O2)C(C(=O)N(CC=C)C(C)C)N([C@@H](CC)CO)C(=O)[C@H]13. The molecule has 8 heteroatoms. The molecule has 3 heterocycles. The third-order valence-electron chi connectivity index (χ3n) is 7.60. The average Bonchev–Trinajstić information content (AvgIpc) is 3.45. The van der Waals surface area contributed by atoms with Crippen molar-refractivity contribution in [2.75, 3.05) is 19.8 Å². The van der Waals surface area contributed by atoms with E-state index in [-0.39, 0.29) is 31.1 Å². The summed E-state index contributed by atoms with van der Waals surface area (Å²) in [5, 5.41) is 10.1. The Hall–Kier alpha value is -2.19. The first-order valence-electron chi connectivity index (χ1n) is 12.6. The Morgan fingerprint density at radius 2 is 2.06 bits per heavy atom. The number of aliphatic hydroxyl groups is 1. The number of nitrogens with zero attached hydrogens (tertiary/aromatic N) is 2. The van der Waals surface area contributed by atoms with Gasteiger partial charge in [-0.25, -0.2) is 0 Å². The van der Waals surface area contributed by atoms with E-state index >= 15 is 0 Å². The van der Waals surface area contributed by atoms with Crippen molar-refractivity contribution in [1.82, 2.24) is 9.80 Å². The zero-order chi connectivity index (χ0) is 25.0. The van der Waals surface area contributed by atoms with Crippen molar-refractivity contribution in [2.24, 2.45) is 11.8 Å². The van der Waals surface area contributed by atoms with Gasteiger partial charge in [0.15, 0.2) is 0 Å². The molecule has 3 rings (SSSR count).